The lowest BCUT2D eigenvalue weighted by Gasteiger charge is -2.33. The molecule has 3 rings (SSSR count). The van der Waals surface area contributed by atoms with Crippen LogP contribution >= 0.6 is 0 Å². The van der Waals surface area contributed by atoms with Crippen LogP contribution in [0.2, 0.25) is 0 Å². The number of amides is 2. The monoisotopic (exact) mass is 569 g/mol. The highest BCUT2D eigenvalue weighted by molar-refractivity contribution is 7.92. The predicted octanol–water partition coefficient (Wildman–Crippen LogP) is 4.16. The van der Waals surface area contributed by atoms with Crippen molar-refractivity contribution >= 4 is 27.5 Å². The summed E-state index contributed by atoms with van der Waals surface area (Å²) in [7, 11) is -3.87. The Kier molecular flexibility index (Phi) is 11.1. The molecule has 10 heteroatoms. The molecule has 0 radical (unpaired) electrons. The summed E-state index contributed by atoms with van der Waals surface area (Å²) in [6.45, 7) is 4.10. The van der Waals surface area contributed by atoms with Crippen molar-refractivity contribution in [2.45, 2.75) is 39.3 Å². The van der Waals surface area contributed by atoms with Crippen molar-refractivity contribution in [3.8, 4) is 5.75 Å². The molecule has 3 aromatic carbocycles. The molecule has 0 spiro atoms. The minimum atomic E-state index is -3.87. The molecule has 214 valence electrons. The molecule has 0 heterocycles. The van der Waals surface area contributed by atoms with Crippen LogP contribution in [0.4, 0.5) is 10.1 Å². The number of carbonyl (C=O) groups excluding carboxylic acids is 2. The summed E-state index contributed by atoms with van der Waals surface area (Å²) in [5, 5.41) is 2.88. The Bertz CT molecular complexity index is 1350. The van der Waals surface area contributed by atoms with E-state index in [-0.39, 0.29) is 24.6 Å². The summed E-state index contributed by atoms with van der Waals surface area (Å²) in [6.07, 6.45) is 1.94. The second kappa shape index (κ2) is 14.5. The number of nitrogens with zero attached hydrogens (tertiary/aromatic N) is 2. The number of rotatable bonds is 14. The largest absolute Gasteiger partial charge is 0.494 e. The standard InChI is InChI=1S/C30H36FN3O5S/c1-4-19-32-30(36)28(20-23-9-7-6-8-10-23)33(21-24-11-13-25(31)14-12-24)29(35)22-34(40(3,37)38)26-15-17-27(18-16-26)39-5-2/h6-18,28H,4-5,19-22H2,1-3H3,(H,32,36)/t28-/m0/s1. The molecular weight excluding hydrogens is 533 g/mol. The highest BCUT2D eigenvalue weighted by atomic mass is 32.2. The fraction of sp³-hybridized carbons (Fsp3) is 0.333. The average Bonchev–Trinajstić information content (AvgIpc) is 2.94. The van der Waals surface area contributed by atoms with E-state index in [1.165, 1.54) is 17.0 Å². The molecular formula is C30H36FN3O5S. The topological polar surface area (TPSA) is 96.0 Å². The third kappa shape index (κ3) is 8.81. The zero-order valence-electron chi connectivity index (χ0n) is 23.0. The van der Waals surface area contributed by atoms with Crippen molar-refractivity contribution in [2.24, 2.45) is 0 Å². The quantitative estimate of drug-likeness (QED) is 0.315. The van der Waals surface area contributed by atoms with Crippen LogP contribution in [0.15, 0.2) is 78.9 Å². The van der Waals surface area contributed by atoms with Gasteiger partial charge in [-0.3, -0.25) is 13.9 Å². The van der Waals surface area contributed by atoms with E-state index in [1.807, 2.05) is 44.2 Å². The van der Waals surface area contributed by atoms with E-state index in [2.05, 4.69) is 5.32 Å². The van der Waals surface area contributed by atoms with Crippen molar-refractivity contribution in [3.63, 3.8) is 0 Å². The van der Waals surface area contributed by atoms with Gasteiger partial charge in [-0.05, 0) is 60.9 Å². The van der Waals surface area contributed by atoms with Crippen LogP contribution in [0, 0.1) is 5.82 Å². The van der Waals surface area contributed by atoms with Gasteiger partial charge < -0.3 is 15.0 Å². The number of hydrogen-bond donors (Lipinski definition) is 1. The molecule has 0 saturated carbocycles. The number of benzene rings is 3. The molecule has 0 saturated heterocycles. The summed E-state index contributed by atoms with van der Waals surface area (Å²) < 4.78 is 45.8. The van der Waals surface area contributed by atoms with Gasteiger partial charge in [-0.25, -0.2) is 12.8 Å². The maximum Gasteiger partial charge on any atom is 0.244 e. The van der Waals surface area contributed by atoms with Crippen molar-refractivity contribution in [2.75, 3.05) is 30.3 Å². The zero-order chi connectivity index (χ0) is 29.1. The van der Waals surface area contributed by atoms with Gasteiger partial charge in [0, 0.05) is 19.5 Å². The lowest BCUT2D eigenvalue weighted by atomic mass is 10.0. The molecule has 2 amide bonds. The van der Waals surface area contributed by atoms with Crippen LogP contribution < -0.4 is 14.4 Å². The average molecular weight is 570 g/mol. The molecule has 0 aliphatic carbocycles. The molecule has 0 unspecified atom stereocenters. The number of ether oxygens (including phenoxy) is 1. The van der Waals surface area contributed by atoms with Gasteiger partial charge in [0.2, 0.25) is 21.8 Å². The fourth-order valence-electron chi connectivity index (χ4n) is 4.20. The highest BCUT2D eigenvalue weighted by Crippen LogP contribution is 2.23. The minimum Gasteiger partial charge on any atom is -0.494 e. The molecule has 0 bridgehead atoms. The molecule has 8 nitrogen and oxygen atoms in total. The Morgan fingerprint density at radius 2 is 1.57 bits per heavy atom. The summed E-state index contributed by atoms with van der Waals surface area (Å²) in [4.78, 5) is 28.8. The second-order valence-electron chi connectivity index (χ2n) is 9.34. The van der Waals surface area contributed by atoms with Gasteiger partial charge >= 0.3 is 0 Å². The van der Waals surface area contributed by atoms with Gasteiger partial charge in [0.15, 0.2) is 0 Å². The van der Waals surface area contributed by atoms with Gasteiger partial charge in [-0.15, -0.1) is 0 Å². The first-order valence-corrected chi connectivity index (χ1v) is 15.0. The first kappa shape index (κ1) is 30.6. The van der Waals surface area contributed by atoms with Crippen molar-refractivity contribution in [3.05, 3.63) is 95.8 Å². The SMILES string of the molecule is CCCNC(=O)[C@H](Cc1ccccc1)N(Cc1ccc(F)cc1)C(=O)CN(c1ccc(OCC)cc1)S(C)(=O)=O. The number of carbonyl (C=O) groups is 2. The highest BCUT2D eigenvalue weighted by Gasteiger charge is 2.33. The number of nitrogens with one attached hydrogen (secondary N) is 1. The smallest absolute Gasteiger partial charge is 0.244 e. The molecule has 0 aliphatic heterocycles. The van der Waals surface area contributed by atoms with Crippen LogP contribution in [0.25, 0.3) is 0 Å². The normalized spacial score (nSPS) is 11.9. The van der Waals surface area contributed by atoms with E-state index in [1.54, 1.807) is 36.4 Å². The predicted molar refractivity (Wildman–Crippen MR) is 154 cm³/mol. The summed E-state index contributed by atoms with van der Waals surface area (Å²) in [5.74, 6) is -0.786. The first-order valence-electron chi connectivity index (χ1n) is 13.2. The van der Waals surface area contributed by atoms with E-state index >= 15 is 0 Å². The van der Waals surface area contributed by atoms with Crippen LogP contribution in [0.3, 0.4) is 0 Å². The Hall–Kier alpha value is -3.92. The Morgan fingerprint density at radius 3 is 2.15 bits per heavy atom. The Morgan fingerprint density at radius 1 is 0.925 bits per heavy atom. The van der Waals surface area contributed by atoms with Crippen molar-refractivity contribution in [1.82, 2.24) is 10.2 Å². The number of anilines is 1. The molecule has 0 aliphatic rings. The molecule has 0 fully saturated rings. The van der Waals surface area contributed by atoms with Crippen LogP contribution in [-0.2, 0) is 32.6 Å². The number of sulfonamides is 1. The van der Waals surface area contributed by atoms with Crippen molar-refractivity contribution < 1.29 is 27.1 Å². The Balaban J connectivity index is 2.01. The second-order valence-corrected chi connectivity index (χ2v) is 11.2. The third-order valence-corrected chi connectivity index (χ3v) is 7.34. The number of hydrogen-bond acceptors (Lipinski definition) is 5. The minimum absolute atomic E-state index is 0.0168. The van der Waals surface area contributed by atoms with E-state index in [0.29, 0.717) is 30.9 Å². The van der Waals surface area contributed by atoms with Crippen molar-refractivity contribution in [1.29, 1.82) is 0 Å². The molecule has 40 heavy (non-hydrogen) atoms. The molecule has 1 N–H and O–H groups in total. The third-order valence-electron chi connectivity index (χ3n) is 6.20. The maximum absolute atomic E-state index is 14.0. The first-order chi connectivity index (χ1) is 19.1. The summed E-state index contributed by atoms with van der Waals surface area (Å²) in [5.41, 5.74) is 1.72. The molecule has 0 aromatic heterocycles. The van der Waals surface area contributed by atoms with E-state index in [9.17, 15) is 22.4 Å². The van der Waals surface area contributed by atoms with Crippen LogP contribution in [0.1, 0.15) is 31.4 Å². The van der Waals surface area contributed by atoms with Gasteiger partial charge in [0.25, 0.3) is 0 Å². The Labute approximate surface area is 235 Å². The summed E-state index contributed by atoms with van der Waals surface area (Å²) in [6, 6.07) is 20.4. The van der Waals surface area contributed by atoms with E-state index in [0.717, 1.165) is 16.1 Å². The maximum atomic E-state index is 14.0. The van der Waals surface area contributed by atoms with E-state index < -0.39 is 34.3 Å². The molecule has 1 atom stereocenters. The van der Waals surface area contributed by atoms with Gasteiger partial charge in [-0.1, -0.05) is 49.4 Å². The van der Waals surface area contributed by atoms with Gasteiger partial charge in [-0.2, -0.15) is 0 Å². The van der Waals surface area contributed by atoms with Crippen LogP contribution in [-0.4, -0.2) is 57.1 Å². The molecule has 3 aromatic rings. The van der Waals surface area contributed by atoms with Gasteiger partial charge in [0.1, 0.15) is 24.2 Å². The summed E-state index contributed by atoms with van der Waals surface area (Å²) >= 11 is 0. The zero-order valence-corrected chi connectivity index (χ0v) is 23.9. The van der Waals surface area contributed by atoms with Gasteiger partial charge in [0.05, 0.1) is 18.6 Å². The number of halogens is 1. The lowest BCUT2D eigenvalue weighted by Crippen LogP contribution is -2.53. The van der Waals surface area contributed by atoms with Crippen LogP contribution in [0.5, 0.6) is 5.75 Å². The lowest BCUT2D eigenvalue weighted by molar-refractivity contribution is -0.140. The van der Waals surface area contributed by atoms with E-state index in [4.69, 9.17) is 4.74 Å². The fourth-order valence-corrected chi connectivity index (χ4v) is 5.05.